The Balaban J connectivity index is 1.65. The average Bonchev–Trinajstić information content (AvgIpc) is 2.79. The van der Waals surface area contributed by atoms with Crippen LogP contribution in [0.2, 0.25) is 0 Å². The monoisotopic (exact) mass is 422 g/mol. The van der Waals surface area contributed by atoms with Crippen molar-refractivity contribution in [2.24, 2.45) is 0 Å². The van der Waals surface area contributed by atoms with Crippen LogP contribution < -0.4 is 14.4 Å². The Kier molecular flexibility index (Phi) is 5.98. The van der Waals surface area contributed by atoms with Gasteiger partial charge in [0, 0.05) is 23.5 Å². The molecule has 2 atom stereocenters. The minimum Gasteiger partial charge on any atom is -0.493 e. The molecule has 7 heteroatoms. The molecule has 0 saturated carbocycles. The van der Waals surface area contributed by atoms with Crippen LogP contribution in [0.1, 0.15) is 23.5 Å². The molecule has 0 aliphatic carbocycles. The van der Waals surface area contributed by atoms with Crippen LogP contribution in [0.15, 0.2) is 59.1 Å². The predicted molar refractivity (Wildman–Crippen MR) is 115 cm³/mol. The number of thioether (sulfide) groups is 1. The number of fused-ring (bicyclic) bond motifs is 1. The van der Waals surface area contributed by atoms with Crippen LogP contribution in [0.25, 0.3) is 0 Å². The SMILES string of the molecule is COc1cccc([C@H]2CC(=O)N3C[NH+](Cc4ccccc4)CSC3=C2C#N)c1OC. The smallest absolute Gasteiger partial charge is 0.232 e. The number of amides is 1. The number of benzene rings is 2. The van der Waals surface area contributed by atoms with Gasteiger partial charge in [-0.15, -0.1) is 0 Å². The molecule has 2 heterocycles. The molecular formula is C23H24N3O3S+. The fourth-order valence-corrected chi connectivity index (χ4v) is 5.32. The molecule has 0 spiro atoms. The molecule has 1 N–H and O–H groups in total. The van der Waals surface area contributed by atoms with E-state index < -0.39 is 0 Å². The lowest BCUT2D eigenvalue weighted by Gasteiger charge is -2.39. The Morgan fingerprint density at radius 2 is 1.97 bits per heavy atom. The number of rotatable bonds is 5. The first-order valence-electron chi connectivity index (χ1n) is 9.82. The first-order chi connectivity index (χ1) is 14.7. The number of nitrogens with one attached hydrogen (secondary N) is 1. The second kappa shape index (κ2) is 8.82. The molecule has 1 fully saturated rings. The third-order valence-electron chi connectivity index (χ3n) is 5.52. The molecular weight excluding hydrogens is 398 g/mol. The Labute approximate surface area is 180 Å². The van der Waals surface area contributed by atoms with E-state index in [2.05, 4.69) is 18.2 Å². The Bertz CT molecular complexity index is 1020. The van der Waals surface area contributed by atoms with Crippen LogP contribution in [-0.2, 0) is 11.3 Å². The van der Waals surface area contributed by atoms with Gasteiger partial charge in [0.05, 0.1) is 25.9 Å². The fraction of sp³-hybridized carbons (Fsp3) is 0.304. The molecule has 2 aliphatic rings. The molecule has 2 aromatic rings. The number of methoxy groups -OCH3 is 2. The van der Waals surface area contributed by atoms with Gasteiger partial charge in [0.15, 0.2) is 18.2 Å². The number of hydrogen-bond acceptors (Lipinski definition) is 5. The summed E-state index contributed by atoms with van der Waals surface area (Å²) in [6, 6.07) is 18.3. The number of para-hydroxylation sites is 1. The summed E-state index contributed by atoms with van der Waals surface area (Å²) >= 11 is 1.59. The highest BCUT2D eigenvalue weighted by Crippen LogP contribution is 2.45. The van der Waals surface area contributed by atoms with Gasteiger partial charge >= 0.3 is 0 Å². The standard InChI is InChI=1S/C23H23N3O3S/c1-28-20-10-6-9-17(22(20)29-2)18-11-21(27)26-14-25(13-16-7-4-3-5-8-16)15-30-23(26)19(18)12-24/h3-10,18H,11,13-15H2,1-2H3/p+1/t18-/m1/s1. The van der Waals surface area contributed by atoms with Crippen LogP contribution in [0.5, 0.6) is 11.5 Å². The maximum atomic E-state index is 13.1. The van der Waals surface area contributed by atoms with Crippen molar-refractivity contribution in [3.05, 3.63) is 70.3 Å². The lowest BCUT2D eigenvalue weighted by atomic mass is 9.85. The van der Waals surface area contributed by atoms with E-state index in [9.17, 15) is 10.1 Å². The maximum Gasteiger partial charge on any atom is 0.232 e. The molecule has 0 aromatic heterocycles. The summed E-state index contributed by atoms with van der Waals surface area (Å²) in [6.07, 6.45) is 0.245. The van der Waals surface area contributed by atoms with E-state index in [0.717, 1.165) is 23.0 Å². The van der Waals surface area contributed by atoms with Gasteiger partial charge in [-0.3, -0.25) is 9.69 Å². The van der Waals surface area contributed by atoms with Crippen molar-refractivity contribution in [1.82, 2.24) is 4.90 Å². The van der Waals surface area contributed by atoms with Gasteiger partial charge in [-0.25, -0.2) is 0 Å². The van der Waals surface area contributed by atoms with E-state index in [-0.39, 0.29) is 18.2 Å². The number of carbonyl (C=O) groups is 1. The molecule has 0 radical (unpaired) electrons. The summed E-state index contributed by atoms with van der Waals surface area (Å²) in [6.45, 7) is 1.42. The third kappa shape index (κ3) is 3.76. The van der Waals surface area contributed by atoms with Gasteiger partial charge in [-0.05, 0) is 17.8 Å². The molecule has 0 bridgehead atoms. The Morgan fingerprint density at radius 1 is 1.17 bits per heavy atom. The number of hydrogen-bond donors (Lipinski definition) is 1. The van der Waals surface area contributed by atoms with E-state index in [1.165, 1.54) is 10.5 Å². The van der Waals surface area contributed by atoms with Crippen molar-refractivity contribution >= 4 is 17.7 Å². The number of allylic oxidation sites excluding steroid dienone is 1. The first kappa shape index (κ1) is 20.3. The number of carbonyl (C=O) groups excluding carboxylic acids is 1. The molecule has 6 nitrogen and oxygen atoms in total. The van der Waals surface area contributed by atoms with Gasteiger partial charge in [0.25, 0.3) is 0 Å². The van der Waals surface area contributed by atoms with Crippen molar-refractivity contribution in [3.8, 4) is 17.6 Å². The van der Waals surface area contributed by atoms with Crippen LogP contribution >= 0.6 is 11.8 Å². The van der Waals surface area contributed by atoms with Crippen molar-refractivity contribution in [2.75, 3.05) is 26.8 Å². The summed E-state index contributed by atoms with van der Waals surface area (Å²) in [7, 11) is 3.16. The number of nitrogens with zero attached hydrogens (tertiary/aromatic N) is 2. The average molecular weight is 423 g/mol. The molecule has 154 valence electrons. The lowest BCUT2D eigenvalue weighted by molar-refractivity contribution is -0.910. The summed E-state index contributed by atoms with van der Waals surface area (Å²) < 4.78 is 11.0. The van der Waals surface area contributed by atoms with E-state index in [0.29, 0.717) is 23.7 Å². The zero-order chi connectivity index (χ0) is 21.1. The zero-order valence-electron chi connectivity index (χ0n) is 17.1. The number of ether oxygens (including phenoxy) is 2. The van der Waals surface area contributed by atoms with Gasteiger partial charge in [-0.2, -0.15) is 5.26 Å². The highest BCUT2D eigenvalue weighted by molar-refractivity contribution is 8.02. The largest absolute Gasteiger partial charge is 0.493 e. The van der Waals surface area contributed by atoms with Crippen molar-refractivity contribution < 1.29 is 19.2 Å². The quantitative estimate of drug-likeness (QED) is 0.802. The molecule has 4 rings (SSSR count). The number of quaternary nitrogens is 1. The van der Waals surface area contributed by atoms with Crippen LogP contribution in [0, 0.1) is 11.3 Å². The van der Waals surface area contributed by atoms with Gasteiger partial charge in [0.2, 0.25) is 5.91 Å². The van der Waals surface area contributed by atoms with E-state index >= 15 is 0 Å². The maximum absolute atomic E-state index is 13.1. The summed E-state index contributed by atoms with van der Waals surface area (Å²) in [4.78, 5) is 16.2. The molecule has 30 heavy (non-hydrogen) atoms. The third-order valence-corrected chi connectivity index (χ3v) is 6.79. The summed E-state index contributed by atoms with van der Waals surface area (Å²) in [5, 5.41) is 10.8. The number of nitriles is 1. The predicted octanol–water partition coefficient (Wildman–Crippen LogP) is 2.50. The normalized spacial score (nSPS) is 21.1. The second-order valence-corrected chi connectivity index (χ2v) is 8.32. The highest BCUT2D eigenvalue weighted by atomic mass is 32.2. The van der Waals surface area contributed by atoms with E-state index in [1.54, 1.807) is 30.9 Å². The molecule has 2 aliphatic heterocycles. The molecule has 2 aromatic carbocycles. The van der Waals surface area contributed by atoms with Crippen LogP contribution in [0.3, 0.4) is 0 Å². The molecule has 1 amide bonds. The van der Waals surface area contributed by atoms with Crippen molar-refractivity contribution in [3.63, 3.8) is 0 Å². The second-order valence-electron chi connectivity index (χ2n) is 7.35. The van der Waals surface area contributed by atoms with Gasteiger partial charge in [-0.1, -0.05) is 42.5 Å². The lowest BCUT2D eigenvalue weighted by Crippen LogP contribution is -3.12. The van der Waals surface area contributed by atoms with Crippen molar-refractivity contribution in [1.29, 1.82) is 5.26 Å². The van der Waals surface area contributed by atoms with Gasteiger partial charge in [0.1, 0.15) is 17.5 Å². The zero-order valence-corrected chi connectivity index (χ0v) is 17.9. The van der Waals surface area contributed by atoms with Crippen LogP contribution in [-0.4, -0.2) is 37.6 Å². The van der Waals surface area contributed by atoms with E-state index in [4.69, 9.17) is 9.47 Å². The summed E-state index contributed by atoms with van der Waals surface area (Å²) in [5.74, 6) is 1.69. The van der Waals surface area contributed by atoms with E-state index in [1.807, 2.05) is 36.4 Å². The highest BCUT2D eigenvalue weighted by Gasteiger charge is 2.41. The molecule has 1 saturated heterocycles. The van der Waals surface area contributed by atoms with Gasteiger partial charge < -0.3 is 14.4 Å². The fourth-order valence-electron chi connectivity index (χ4n) is 4.12. The van der Waals surface area contributed by atoms with Crippen LogP contribution in [0.4, 0.5) is 0 Å². The topological polar surface area (TPSA) is 67.0 Å². The Hall–Kier alpha value is -2.95. The molecule has 1 unspecified atom stereocenters. The van der Waals surface area contributed by atoms with Crippen molar-refractivity contribution in [2.45, 2.75) is 18.9 Å². The first-order valence-corrected chi connectivity index (χ1v) is 10.8. The summed E-state index contributed by atoms with van der Waals surface area (Å²) in [5.41, 5.74) is 2.68. The Morgan fingerprint density at radius 3 is 2.67 bits per heavy atom. The minimum atomic E-state index is -0.332. The minimum absolute atomic E-state index is 0.0386.